The molecule has 0 aliphatic carbocycles. The van der Waals surface area contributed by atoms with Crippen LogP contribution in [0.3, 0.4) is 0 Å². The largest absolute Gasteiger partial charge is 0.462 e. The average Bonchev–Trinajstić information content (AvgIpc) is 3.37. The molecule has 6 heteroatoms. The van der Waals surface area contributed by atoms with E-state index in [0.29, 0.717) is 19.3 Å². The van der Waals surface area contributed by atoms with Crippen LogP contribution in [0, 0.1) is 0 Å². The summed E-state index contributed by atoms with van der Waals surface area (Å²) in [6, 6.07) is 0. The lowest BCUT2D eigenvalue weighted by Crippen LogP contribution is -2.30. The number of hydrogen-bond acceptors (Lipinski definition) is 6. The van der Waals surface area contributed by atoms with E-state index in [-0.39, 0.29) is 44.0 Å². The van der Waals surface area contributed by atoms with Crippen molar-refractivity contribution in [1.82, 2.24) is 0 Å². The third kappa shape index (κ3) is 56.9. The van der Waals surface area contributed by atoms with Crippen LogP contribution in [-0.2, 0) is 28.6 Å². The highest BCUT2D eigenvalue weighted by molar-refractivity contribution is 5.71. The van der Waals surface area contributed by atoms with Crippen LogP contribution < -0.4 is 0 Å². The Morgan fingerprint density at radius 2 is 0.521 bits per heavy atom. The monoisotopic (exact) mass is 985 g/mol. The van der Waals surface area contributed by atoms with E-state index in [0.717, 1.165) is 83.5 Å². The molecule has 0 aromatic carbocycles. The lowest BCUT2D eigenvalue weighted by molar-refractivity contribution is -0.167. The third-order valence-electron chi connectivity index (χ3n) is 12.2. The van der Waals surface area contributed by atoms with E-state index in [9.17, 15) is 14.4 Å². The second-order valence-corrected chi connectivity index (χ2v) is 19.2. The predicted octanol–water partition coefficient (Wildman–Crippen LogP) is 19.9. The van der Waals surface area contributed by atoms with Gasteiger partial charge in [-0.3, -0.25) is 14.4 Å². The van der Waals surface area contributed by atoms with Crippen molar-refractivity contribution in [2.45, 2.75) is 271 Å². The van der Waals surface area contributed by atoms with Gasteiger partial charge in [0, 0.05) is 19.3 Å². The minimum atomic E-state index is -0.821. The normalized spacial score (nSPS) is 12.9. The van der Waals surface area contributed by atoms with E-state index >= 15 is 0 Å². The van der Waals surface area contributed by atoms with Crippen LogP contribution in [0.15, 0.2) is 109 Å². The van der Waals surface area contributed by atoms with Gasteiger partial charge in [0.05, 0.1) is 0 Å². The van der Waals surface area contributed by atoms with Crippen LogP contribution in [0.5, 0.6) is 0 Å². The molecule has 71 heavy (non-hydrogen) atoms. The van der Waals surface area contributed by atoms with Crippen LogP contribution in [0.25, 0.3) is 0 Å². The highest BCUT2D eigenvalue weighted by Gasteiger charge is 2.19. The molecule has 0 rings (SSSR count). The minimum absolute atomic E-state index is 0.112. The van der Waals surface area contributed by atoms with Gasteiger partial charge in [-0.15, -0.1) is 0 Å². The highest BCUT2D eigenvalue weighted by Crippen LogP contribution is 2.13. The number of carbonyl (C=O) groups is 3. The lowest BCUT2D eigenvalue weighted by Gasteiger charge is -2.18. The van der Waals surface area contributed by atoms with Gasteiger partial charge in [0.15, 0.2) is 6.10 Å². The summed E-state index contributed by atoms with van der Waals surface area (Å²) in [4.78, 5) is 38.2. The first-order valence-corrected chi connectivity index (χ1v) is 29.4. The first-order valence-electron chi connectivity index (χ1n) is 29.4. The smallest absolute Gasteiger partial charge is 0.306 e. The molecule has 0 spiro atoms. The van der Waals surface area contributed by atoms with Gasteiger partial charge >= 0.3 is 17.9 Å². The Kier molecular flexibility index (Phi) is 55.4. The van der Waals surface area contributed by atoms with E-state index < -0.39 is 6.10 Å². The zero-order valence-electron chi connectivity index (χ0n) is 46.2. The van der Waals surface area contributed by atoms with E-state index in [1.807, 2.05) is 0 Å². The van der Waals surface area contributed by atoms with Crippen LogP contribution in [-0.4, -0.2) is 37.2 Å². The van der Waals surface area contributed by atoms with Crippen molar-refractivity contribution in [3.05, 3.63) is 109 Å². The first-order chi connectivity index (χ1) is 35.0. The van der Waals surface area contributed by atoms with Crippen molar-refractivity contribution >= 4 is 17.9 Å². The van der Waals surface area contributed by atoms with Gasteiger partial charge in [0.25, 0.3) is 0 Å². The van der Waals surface area contributed by atoms with E-state index in [2.05, 4.69) is 130 Å². The Balaban J connectivity index is 4.55. The molecular weight excluding hydrogens is 877 g/mol. The van der Waals surface area contributed by atoms with E-state index in [1.54, 1.807) is 0 Å². The Hall–Kier alpha value is -3.93. The molecule has 0 saturated heterocycles. The summed E-state index contributed by atoms with van der Waals surface area (Å²) >= 11 is 0. The van der Waals surface area contributed by atoms with Crippen LogP contribution >= 0.6 is 0 Å². The molecule has 0 saturated carbocycles. The zero-order valence-corrected chi connectivity index (χ0v) is 46.2. The molecule has 0 N–H and O–H groups in total. The van der Waals surface area contributed by atoms with Crippen molar-refractivity contribution in [1.29, 1.82) is 0 Å². The molecule has 6 nitrogen and oxygen atoms in total. The summed E-state index contributed by atoms with van der Waals surface area (Å²) in [5.41, 5.74) is 0. The van der Waals surface area contributed by atoms with Crippen LogP contribution in [0.2, 0.25) is 0 Å². The molecular formula is C65H108O6. The summed E-state index contributed by atoms with van der Waals surface area (Å²) in [6.45, 7) is 6.51. The summed E-state index contributed by atoms with van der Waals surface area (Å²) in [5.74, 6) is -1.00. The van der Waals surface area contributed by atoms with Crippen molar-refractivity contribution in [2.75, 3.05) is 13.2 Å². The van der Waals surface area contributed by atoms with Crippen LogP contribution in [0.1, 0.15) is 265 Å². The van der Waals surface area contributed by atoms with Crippen LogP contribution in [0.4, 0.5) is 0 Å². The predicted molar refractivity (Wildman–Crippen MR) is 307 cm³/mol. The minimum Gasteiger partial charge on any atom is -0.462 e. The van der Waals surface area contributed by atoms with Crippen molar-refractivity contribution in [3.63, 3.8) is 0 Å². The Morgan fingerprint density at radius 3 is 0.901 bits per heavy atom. The average molecular weight is 986 g/mol. The Morgan fingerprint density at radius 1 is 0.282 bits per heavy atom. The molecule has 0 aromatic rings. The topological polar surface area (TPSA) is 78.9 Å². The quantitative estimate of drug-likeness (QED) is 0.0261. The van der Waals surface area contributed by atoms with Crippen molar-refractivity contribution < 1.29 is 28.6 Å². The Labute approximate surface area is 438 Å². The molecule has 0 unspecified atom stereocenters. The molecule has 0 radical (unpaired) electrons. The van der Waals surface area contributed by atoms with E-state index in [4.69, 9.17) is 14.2 Å². The number of hydrogen-bond donors (Lipinski definition) is 0. The highest BCUT2D eigenvalue weighted by atomic mass is 16.6. The maximum absolute atomic E-state index is 12.9. The SMILES string of the molecule is CCCCC/C=C\C/C=C\C/C=C\C/C=C\CCCCCC(=O)O[C@H](COC(=O)CCC/C=C\C/C=C\C/C=C\C/C=C\CCCCC)COC(=O)CCCCCCCCC/C=C\CCCCCCCC. The fourth-order valence-electron chi connectivity index (χ4n) is 7.77. The summed E-state index contributed by atoms with van der Waals surface area (Å²) in [5, 5.41) is 0. The maximum Gasteiger partial charge on any atom is 0.306 e. The number of ether oxygens (including phenoxy) is 3. The summed E-state index contributed by atoms with van der Waals surface area (Å²) < 4.78 is 16.8. The fourth-order valence-corrected chi connectivity index (χ4v) is 7.77. The number of unbranched alkanes of at least 4 members (excludes halogenated alkanes) is 23. The molecule has 0 aromatic heterocycles. The second-order valence-electron chi connectivity index (χ2n) is 19.2. The molecule has 0 heterocycles. The molecule has 1 atom stereocenters. The number of allylic oxidation sites excluding steroid dienone is 18. The Bertz CT molecular complexity index is 1460. The molecule has 0 bridgehead atoms. The molecule has 0 amide bonds. The van der Waals surface area contributed by atoms with Gasteiger partial charge in [0.2, 0.25) is 0 Å². The third-order valence-corrected chi connectivity index (χ3v) is 12.2. The zero-order chi connectivity index (χ0) is 51.4. The fraction of sp³-hybridized carbons (Fsp3) is 0.677. The summed E-state index contributed by atoms with van der Waals surface area (Å²) in [7, 11) is 0. The molecule has 0 aliphatic heterocycles. The molecule has 0 aliphatic rings. The van der Waals surface area contributed by atoms with Crippen molar-refractivity contribution in [2.24, 2.45) is 0 Å². The van der Waals surface area contributed by atoms with E-state index in [1.165, 1.54) is 128 Å². The summed E-state index contributed by atoms with van der Waals surface area (Å²) in [6.07, 6.45) is 79.4. The van der Waals surface area contributed by atoms with Gasteiger partial charge < -0.3 is 14.2 Å². The number of esters is 3. The van der Waals surface area contributed by atoms with Gasteiger partial charge in [-0.1, -0.05) is 226 Å². The second kappa shape index (κ2) is 58.6. The van der Waals surface area contributed by atoms with Gasteiger partial charge in [-0.25, -0.2) is 0 Å². The first kappa shape index (κ1) is 67.1. The van der Waals surface area contributed by atoms with Crippen molar-refractivity contribution in [3.8, 4) is 0 Å². The maximum atomic E-state index is 12.9. The van der Waals surface area contributed by atoms with Gasteiger partial charge in [0.1, 0.15) is 13.2 Å². The van der Waals surface area contributed by atoms with Gasteiger partial charge in [-0.05, 0) is 128 Å². The lowest BCUT2D eigenvalue weighted by atomic mass is 10.1. The molecule has 404 valence electrons. The number of carbonyl (C=O) groups excluding carboxylic acids is 3. The van der Waals surface area contributed by atoms with Gasteiger partial charge in [-0.2, -0.15) is 0 Å². The standard InChI is InChI=1S/C65H108O6/c1-4-7-10-13-16-19-22-25-28-31-32-35-38-41-44-47-50-53-56-59-65(68)71-62(60-69-63(66)57-54-51-48-45-42-39-36-33-29-26-23-20-17-14-11-8-5-2)61-70-64(67)58-55-52-49-46-43-40-37-34-30-27-24-21-18-15-12-9-6-3/h16-17,19-20,25-30,32,35-36,39,41,44-45,48,62H,4-15,18,21-24,31,33-34,37-38,40,42-43,46-47,49-61H2,1-3H3/b19-16-,20-17-,28-25-,29-26-,30-27-,35-32-,39-36-,44-41-,48-45-/t62-/m1/s1. The number of rotatable bonds is 52. The molecule has 0 fully saturated rings.